The normalized spacial score (nSPS) is 11.8. The fourth-order valence-corrected chi connectivity index (χ4v) is 7.24. The lowest BCUT2D eigenvalue weighted by Gasteiger charge is -2.13. The average Bonchev–Trinajstić information content (AvgIpc) is 3.17. The van der Waals surface area contributed by atoms with Crippen LogP contribution in [0.25, 0.3) is 98.8 Å². The molecular weight excluding hydrogens is 585 g/mol. The smallest absolute Gasteiger partial charge is 0.164 e. The van der Waals surface area contributed by atoms with Crippen LogP contribution >= 0.6 is 0 Å². The van der Waals surface area contributed by atoms with Gasteiger partial charge in [-0.3, -0.25) is 4.98 Å². The van der Waals surface area contributed by atoms with Gasteiger partial charge in [-0.2, -0.15) is 0 Å². The van der Waals surface area contributed by atoms with Gasteiger partial charge in [0, 0.05) is 34.5 Å². The molecule has 48 heavy (non-hydrogen) atoms. The molecule has 0 bridgehead atoms. The monoisotopic (exact) mass is 610 g/mol. The molecule has 4 heteroatoms. The molecule has 10 aromatic rings. The summed E-state index contributed by atoms with van der Waals surface area (Å²) in [4.78, 5) is 19.7. The Morgan fingerprint density at radius 1 is 0.292 bits per heavy atom. The van der Waals surface area contributed by atoms with Gasteiger partial charge in [-0.1, -0.05) is 127 Å². The van der Waals surface area contributed by atoms with Gasteiger partial charge in [-0.05, 0) is 77.4 Å². The Labute approximate surface area is 276 Å². The second-order valence-electron chi connectivity index (χ2n) is 12.3. The van der Waals surface area contributed by atoms with E-state index < -0.39 is 0 Å². The number of aromatic nitrogens is 4. The summed E-state index contributed by atoms with van der Waals surface area (Å²) in [6, 6.07) is 51.4. The van der Waals surface area contributed by atoms with Gasteiger partial charge in [0.05, 0.1) is 0 Å². The molecule has 0 atom stereocenters. The van der Waals surface area contributed by atoms with Gasteiger partial charge < -0.3 is 0 Å². The highest BCUT2D eigenvalue weighted by Gasteiger charge is 2.16. The number of benzene rings is 8. The first-order chi connectivity index (χ1) is 23.8. The summed E-state index contributed by atoms with van der Waals surface area (Å²) in [7, 11) is 0. The number of hydrogen-bond donors (Lipinski definition) is 0. The molecular formula is C44H26N4. The molecule has 0 saturated carbocycles. The first kappa shape index (κ1) is 26.7. The maximum atomic E-state index is 5.15. The van der Waals surface area contributed by atoms with Gasteiger partial charge in [0.15, 0.2) is 17.5 Å². The van der Waals surface area contributed by atoms with Gasteiger partial charge in [0.25, 0.3) is 0 Å². The zero-order valence-electron chi connectivity index (χ0n) is 25.8. The summed E-state index contributed by atoms with van der Waals surface area (Å²) < 4.78 is 0. The maximum absolute atomic E-state index is 5.15. The van der Waals surface area contributed by atoms with Crippen LogP contribution in [0.3, 0.4) is 0 Å². The number of nitrogens with zero attached hydrogens (tertiary/aromatic N) is 4. The van der Waals surface area contributed by atoms with Crippen LogP contribution in [-0.4, -0.2) is 19.9 Å². The van der Waals surface area contributed by atoms with Crippen molar-refractivity contribution in [2.24, 2.45) is 0 Å². The highest BCUT2D eigenvalue weighted by Crippen LogP contribution is 2.38. The van der Waals surface area contributed by atoms with Crippen LogP contribution in [0.4, 0.5) is 0 Å². The molecule has 4 nitrogen and oxygen atoms in total. The zero-order valence-corrected chi connectivity index (χ0v) is 25.8. The molecule has 222 valence electrons. The Morgan fingerprint density at radius 3 is 1.40 bits per heavy atom. The Hall–Kier alpha value is -6.52. The van der Waals surface area contributed by atoms with Crippen molar-refractivity contribution in [2.75, 3.05) is 0 Å². The average molecular weight is 611 g/mol. The molecule has 8 aromatic carbocycles. The molecule has 0 spiro atoms. The topological polar surface area (TPSA) is 51.6 Å². The number of fused-ring (bicyclic) bond motifs is 11. The van der Waals surface area contributed by atoms with Crippen LogP contribution < -0.4 is 0 Å². The van der Waals surface area contributed by atoms with Crippen molar-refractivity contribution in [2.45, 2.75) is 0 Å². The third kappa shape index (κ3) is 4.16. The van der Waals surface area contributed by atoms with Gasteiger partial charge >= 0.3 is 0 Å². The molecule has 2 heterocycles. The second-order valence-corrected chi connectivity index (χ2v) is 12.3. The lowest BCUT2D eigenvalue weighted by atomic mass is 9.93. The lowest BCUT2D eigenvalue weighted by Crippen LogP contribution is -2.00. The molecule has 2 aromatic heterocycles. The van der Waals surface area contributed by atoms with E-state index in [1.54, 1.807) is 0 Å². The molecule has 0 amide bonds. The first-order valence-corrected chi connectivity index (χ1v) is 16.1. The SMILES string of the molecule is c1ccc(-c2nc(-c3ccc4ccc5c6cnccc6ccc5c4c3)nc(-c3ccc4c5ccccc5c5ccccc5c4c3)n2)cc1. The maximum Gasteiger partial charge on any atom is 0.164 e. The first-order valence-electron chi connectivity index (χ1n) is 16.1. The van der Waals surface area contributed by atoms with Crippen LogP contribution in [-0.2, 0) is 0 Å². The van der Waals surface area contributed by atoms with E-state index in [-0.39, 0.29) is 0 Å². The molecule has 0 radical (unpaired) electrons. The van der Waals surface area contributed by atoms with Gasteiger partial charge in [0.1, 0.15) is 0 Å². The molecule has 0 unspecified atom stereocenters. The number of hydrogen-bond acceptors (Lipinski definition) is 4. The van der Waals surface area contributed by atoms with Crippen molar-refractivity contribution in [1.82, 2.24) is 19.9 Å². The summed E-state index contributed by atoms with van der Waals surface area (Å²) in [5, 5.41) is 14.4. The van der Waals surface area contributed by atoms with Gasteiger partial charge in [0.2, 0.25) is 0 Å². The standard InChI is InChI=1S/C44H26N4/c1-2-8-29(9-3-1)42-46-43(30-15-14-27-16-20-38-36(39(27)24-30)19-17-28-22-23-45-26-41(28)38)48-44(47-42)31-18-21-37-34-12-5-4-10-32(34)33-11-6-7-13-35(33)40(37)25-31/h1-26H. The second kappa shape index (κ2) is 10.5. The summed E-state index contributed by atoms with van der Waals surface area (Å²) in [6.45, 7) is 0. The van der Waals surface area contributed by atoms with E-state index in [9.17, 15) is 0 Å². The highest BCUT2D eigenvalue weighted by molar-refractivity contribution is 6.25. The third-order valence-electron chi connectivity index (χ3n) is 9.57. The minimum atomic E-state index is 0.642. The van der Waals surface area contributed by atoms with E-state index in [4.69, 9.17) is 15.0 Å². The summed E-state index contributed by atoms with van der Waals surface area (Å²) in [6.07, 6.45) is 3.80. The van der Waals surface area contributed by atoms with Crippen molar-refractivity contribution in [3.05, 3.63) is 158 Å². The van der Waals surface area contributed by atoms with Crippen molar-refractivity contribution < 1.29 is 0 Å². The highest BCUT2D eigenvalue weighted by atomic mass is 15.0. The largest absolute Gasteiger partial charge is 0.264 e. The van der Waals surface area contributed by atoms with E-state index in [1.807, 2.05) is 30.6 Å². The van der Waals surface area contributed by atoms with E-state index in [0.717, 1.165) is 27.5 Å². The molecule has 0 N–H and O–H groups in total. The molecule has 0 aliphatic rings. The van der Waals surface area contributed by atoms with E-state index in [2.05, 4.69) is 132 Å². The van der Waals surface area contributed by atoms with Crippen LogP contribution in [0.2, 0.25) is 0 Å². The zero-order chi connectivity index (χ0) is 31.6. The number of pyridine rings is 1. The minimum Gasteiger partial charge on any atom is -0.264 e. The fraction of sp³-hybridized carbons (Fsp3) is 0. The van der Waals surface area contributed by atoms with Crippen molar-refractivity contribution in [3.63, 3.8) is 0 Å². The lowest BCUT2D eigenvalue weighted by molar-refractivity contribution is 1.08. The molecule has 0 fully saturated rings. The third-order valence-corrected chi connectivity index (χ3v) is 9.57. The summed E-state index contributed by atoms with van der Waals surface area (Å²) in [5.41, 5.74) is 2.85. The Balaban J connectivity index is 1.21. The van der Waals surface area contributed by atoms with Crippen LogP contribution in [0.5, 0.6) is 0 Å². The Morgan fingerprint density at radius 2 is 0.729 bits per heavy atom. The predicted octanol–water partition coefficient (Wildman–Crippen LogP) is 11.2. The summed E-state index contributed by atoms with van der Waals surface area (Å²) >= 11 is 0. The molecule has 0 aliphatic heterocycles. The van der Waals surface area contributed by atoms with E-state index in [0.29, 0.717) is 17.5 Å². The van der Waals surface area contributed by atoms with Crippen molar-refractivity contribution in [3.8, 4) is 34.2 Å². The van der Waals surface area contributed by atoms with E-state index >= 15 is 0 Å². The number of rotatable bonds is 3. The molecule has 0 saturated heterocycles. The van der Waals surface area contributed by atoms with Crippen LogP contribution in [0.15, 0.2) is 158 Å². The fourth-order valence-electron chi connectivity index (χ4n) is 7.24. The van der Waals surface area contributed by atoms with Crippen molar-refractivity contribution >= 4 is 64.6 Å². The Bertz CT molecular complexity index is 2860. The predicted molar refractivity (Wildman–Crippen MR) is 199 cm³/mol. The van der Waals surface area contributed by atoms with Crippen molar-refractivity contribution in [1.29, 1.82) is 0 Å². The minimum absolute atomic E-state index is 0.642. The molecule has 0 aliphatic carbocycles. The molecule has 10 rings (SSSR count). The Kier molecular flexibility index (Phi) is 5.84. The van der Waals surface area contributed by atoms with Crippen LogP contribution in [0, 0.1) is 0 Å². The quantitative estimate of drug-likeness (QED) is 0.187. The van der Waals surface area contributed by atoms with Gasteiger partial charge in [-0.25, -0.2) is 15.0 Å². The van der Waals surface area contributed by atoms with E-state index in [1.165, 1.54) is 53.9 Å². The summed E-state index contributed by atoms with van der Waals surface area (Å²) in [5.74, 6) is 1.94. The van der Waals surface area contributed by atoms with Gasteiger partial charge in [-0.15, -0.1) is 0 Å². The van der Waals surface area contributed by atoms with Crippen LogP contribution in [0.1, 0.15) is 0 Å².